The van der Waals surface area contributed by atoms with Crippen LogP contribution in [0.25, 0.3) is 0 Å². The smallest absolute Gasteiger partial charge is 0.118 e. The van der Waals surface area contributed by atoms with E-state index in [0.717, 1.165) is 18.7 Å². The molecule has 1 aliphatic rings. The van der Waals surface area contributed by atoms with E-state index in [2.05, 4.69) is 4.98 Å². The van der Waals surface area contributed by atoms with E-state index in [9.17, 15) is 4.39 Å². The van der Waals surface area contributed by atoms with Gasteiger partial charge in [0, 0.05) is 19.3 Å². The molecule has 0 spiro atoms. The van der Waals surface area contributed by atoms with E-state index in [1.165, 1.54) is 0 Å². The van der Waals surface area contributed by atoms with Crippen molar-refractivity contribution in [2.24, 2.45) is 0 Å². The number of anilines is 2. The van der Waals surface area contributed by atoms with Gasteiger partial charge in [0.05, 0.1) is 17.6 Å². The Bertz CT molecular complexity index is 316. The van der Waals surface area contributed by atoms with E-state index in [1.807, 2.05) is 11.0 Å². The van der Waals surface area contributed by atoms with E-state index in [1.54, 1.807) is 12.4 Å². The Morgan fingerprint density at radius 2 is 2.43 bits per heavy atom. The second-order valence-electron chi connectivity index (χ2n) is 3.62. The minimum atomic E-state index is -0.726. The maximum atomic E-state index is 13.2. The third-order valence-corrected chi connectivity index (χ3v) is 2.53. The van der Waals surface area contributed by atoms with Gasteiger partial charge in [0.2, 0.25) is 0 Å². The van der Waals surface area contributed by atoms with Crippen LogP contribution in [0.4, 0.5) is 15.8 Å². The van der Waals surface area contributed by atoms with Crippen LogP contribution in [-0.4, -0.2) is 24.2 Å². The molecular formula is C10H14FN3. The van der Waals surface area contributed by atoms with Gasteiger partial charge in [-0.05, 0) is 18.9 Å². The second kappa shape index (κ2) is 3.82. The second-order valence-corrected chi connectivity index (χ2v) is 3.62. The molecule has 4 heteroatoms. The minimum absolute atomic E-state index is 0.453. The van der Waals surface area contributed by atoms with E-state index < -0.39 is 6.17 Å². The molecule has 3 nitrogen and oxygen atoms in total. The Hall–Kier alpha value is -1.32. The van der Waals surface area contributed by atoms with Crippen LogP contribution in [0.15, 0.2) is 18.5 Å². The molecule has 0 radical (unpaired) electrons. The predicted molar refractivity (Wildman–Crippen MR) is 55.0 cm³/mol. The third kappa shape index (κ3) is 1.78. The Kier molecular flexibility index (Phi) is 2.52. The highest BCUT2D eigenvalue weighted by Gasteiger charge is 2.20. The first-order chi connectivity index (χ1) is 6.77. The molecule has 1 unspecified atom stereocenters. The number of piperidine rings is 1. The lowest BCUT2D eigenvalue weighted by atomic mass is 10.1. The van der Waals surface area contributed by atoms with Crippen molar-refractivity contribution in [2.75, 3.05) is 23.7 Å². The van der Waals surface area contributed by atoms with Gasteiger partial charge < -0.3 is 10.6 Å². The summed E-state index contributed by atoms with van der Waals surface area (Å²) in [7, 11) is 0. The quantitative estimate of drug-likeness (QED) is 0.740. The zero-order valence-electron chi connectivity index (χ0n) is 7.99. The number of nitrogen functional groups attached to an aromatic ring is 1. The predicted octanol–water partition coefficient (Wildman–Crippen LogP) is 1.60. The van der Waals surface area contributed by atoms with Crippen molar-refractivity contribution in [1.29, 1.82) is 0 Å². The van der Waals surface area contributed by atoms with Crippen LogP contribution in [0.2, 0.25) is 0 Å². The van der Waals surface area contributed by atoms with Gasteiger partial charge in [-0.3, -0.25) is 4.98 Å². The summed E-state index contributed by atoms with van der Waals surface area (Å²) in [6, 6.07) is 1.84. The van der Waals surface area contributed by atoms with Crippen molar-refractivity contribution in [3.8, 4) is 0 Å². The first-order valence-corrected chi connectivity index (χ1v) is 4.86. The first-order valence-electron chi connectivity index (χ1n) is 4.86. The minimum Gasteiger partial charge on any atom is -0.396 e. The largest absolute Gasteiger partial charge is 0.396 e. The van der Waals surface area contributed by atoms with Gasteiger partial charge in [-0.1, -0.05) is 0 Å². The summed E-state index contributed by atoms with van der Waals surface area (Å²) in [5, 5.41) is 0. The highest BCUT2D eigenvalue weighted by atomic mass is 19.1. The van der Waals surface area contributed by atoms with Gasteiger partial charge in [-0.25, -0.2) is 4.39 Å². The molecule has 2 N–H and O–H groups in total. The van der Waals surface area contributed by atoms with Crippen molar-refractivity contribution in [2.45, 2.75) is 19.0 Å². The Balaban J connectivity index is 2.18. The molecule has 1 aromatic heterocycles. The molecule has 1 aliphatic heterocycles. The Labute approximate surface area is 82.7 Å². The summed E-state index contributed by atoms with van der Waals surface area (Å²) >= 11 is 0. The number of rotatable bonds is 1. The fourth-order valence-electron chi connectivity index (χ4n) is 1.83. The molecule has 0 amide bonds. The molecule has 1 saturated heterocycles. The van der Waals surface area contributed by atoms with Gasteiger partial charge >= 0.3 is 0 Å². The van der Waals surface area contributed by atoms with E-state index in [0.29, 0.717) is 18.7 Å². The molecule has 0 saturated carbocycles. The number of nitrogens with two attached hydrogens (primary N) is 1. The number of aromatic nitrogens is 1. The summed E-state index contributed by atoms with van der Waals surface area (Å²) in [5.74, 6) is 0. The average Bonchev–Trinajstić information content (AvgIpc) is 2.18. The van der Waals surface area contributed by atoms with Crippen molar-refractivity contribution in [1.82, 2.24) is 4.98 Å². The zero-order valence-corrected chi connectivity index (χ0v) is 7.99. The Morgan fingerprint density at radius 1 is 1.57 bits per heavy atom. The summed E-state index contributed by atoms with van der Waals surface area (Å²) in [4.78, 5) is 5.90. The average molecular weight is 195 g/mol. The molecule has 0 aliphatic carbocycles. The van der Waals surface area contributed by atoms with Crippen LogP contribution in [0.3, 0.4) is 0 Å². The van der Waals surface area contributed by atoms with Crippen LogP contribution in [0.5, 0.6) is 0 Å². The zero-order chi connectivity index (χ0) is 9.97. The van der Waals surface area contributed by atoms with Gasteiger partial charge in [0.15, 0.2) is 0 Å². The number of hydrogen-bond donors (Lipinski definition) is 1. The van der Waals surface area contributed by atoms with E-state index >= 15 is 0 Å². The van der Waals surface area contributed by atoms with Gasteiger partial charge in [0.1, 0.15) is 6.17 Å². The monoisotopic (exact) mass is 195 g/mol. The van der Waals surface area contributed by atoms with E-state index in [4.69, 9.17) is 5.73 Å². The summed E-state index contributed by atoms with van der Waals surface area (Å²) < 4.78 is 13.2. The normalized spacial score (nSPS) is 22.4. The number of nitrogens with zero attached hydrogens (tertiary/aromatic N) is 2. The van der Waals surface area contributed by atoms with E-state index in [-0.39, 0.29) is 0 Å². The molecule has 1 aromatic rings. The highest BCUT2D eigenvalue weighted by molar-refractivity contribution is 5.66. The number of halogens is 1. The molecule has 1 fully saturated rings. The molecule has 2 rings (SSSR count). The van der Waals surface area contributed by atoms with Crippen LogP contribution >= 0.6 is 0 Å². The molecule has 0 aromatic carbocycles. The lowest BCUT2D eigenvalue weighted by Gasteiger charge is -2.31. The van der Waals surface area contributed by atoms with Crippen LogP contribution in [0.1, 0.15) is 12.8 Å². The highest BCUT2D eigenvalue weighted by Crippen LogP contribution is 2.25. The number of hydrogen-bond acceptors (Lipinski definition) is 3. The van der Waals surface area contributed by atoms with Crippen molar-refractivity contribution >= 4 is 11.4 Å². The van der Waals surface area contributed by atoms with Gasteiger partial charge in [-0.2, -0.15) is 0 Å². The van der Waals surface area contributed by atoms with Crippen molar-refractivity contribution in [3.63, 3.8) is 0 Å². The summed E-state index contributed by atoms with van der Waals surface area (Å²) in [6.07, 6.45) is 4.13. The first kappa shape index (κ1) is 9.24. The maximum Gasteiger partial charge on any atom is 0.118 e. The molecule has 1 atom stereocenters. The fourth-order valence-corrected chi connectivity index (χ4v) is 1.83. The van der Waals surface area contributed by atoms with Crippen LogP contribution in [0, 0.1) is 0 Å². The van der Waals surface area contributed by atoms with Crippen LogP contribution in [-0.2, 0) is 0 Å². The lowest BCUT2D eigenvalue weighted by molar-refractivity contribution is 0.287. The lowest BCUT2D eigenvalue weighted by Crippen LogP contribution is -2.36. The number of alkyl halides is 1. The molecule has 14 heavy (non-hydrogen) atoms. The summed E-state index contributed by atoms with van der Waals surface area (Å²) in [6.45, 7) is 1.34. The molecular weight excluding hydrogens is 181 g/mol. The maximum absolute atomic E-state index is 13.2. The molecule has 2 heterocycles. The summed E-state index contributed by atoms with van der Waals surface area (Å²) in [5.41, 5.74) is 7.30. The van der Waals surface area contributed by atoms with Crippen molar-refractivity contribution < 1.29 is 4.39 Å². The van der Waals surface area contributed by atoms with Crippen molar-refractivity contribution in [3.05, 3.63) is 18.5 Å². The third-order valence-electron chi connectivity index (χ3n) is 2.53. The fraction of sp³-hybridized carbons (Fsp3) is 0.500. The standard InChI is InChI=1S/C10H14FN3/c11-8-2-1-5-14(7-8)10-3-4-13-6-9(10)12/h3-4,6,8H,1-2,5,7,12H2. The topological polar surface area (TPSA) is 42.1 Å². The molecule has 0 bridgehead atoms. The van der Waals surface area contributed by atoms with Gasteiger partial charge in [0.25, 0.3) is 0 Å². The molecule has 76 valence electrons. The van der Waals surface area contributed by atoms with Crippen LogP contribution < -0.4 is 10.6 Å². The SMILES string of the molecule is Nc1cnccc1N1CCCC(F)C1. The van der Waals surface area contributed by atoms with Gasteiger partial charge in [-0.15, -0.1) is 0 Å². The Morgan fingerprint density at radius 3 is 3.14 bits per heavy atom. The number of pyridine rings is 1.